The van der Waals surface area contributed by atoms with Gasteiger partial charge in [-0.3, -0.25) is 4.90 Å². The SMILES string of the molecule is CN1CCC[C@H]1[C@@H]1c2c(c3ccccc3n2C)CCN1C. The van der Waals surface area contributed by atoms with Crippen molar-refractivity contribution in [2.75, 3.05) is 27.2 Å². The summed E-state index contributed by atoms with van der Waals surface area (Å²) in [7, 11) is 6.85. The van der Waals surface area contributed by atoms with Gasteiger partial charge in [0.05, 0.1) is 6.04 Å². The second kappa shape index (κ2) is 4.85. The zero-order chi connectivity index (χ0) is 14.6. The van der Waals surface area contributed by atoms with Crippen molar-refractivity contribution >= 4 is 10.9 Å². The van der Waals surface area contributed by atoms with Gasteiger partial charge in [-0.1, -0.05) is 18.2 Å². The number of rotatable bonds is 1. The van der Waals surface area contributed by atoms with E-state index in [1.807, 2.05) is 0 Å². The lowest BCUT2D eigenvalue weighted by molar-refractivity contribution is 0.126. The molecule has 3 heteroatoms. The second-order valence-electron chi connectivity index (χ2n) is 6.81. The third kappa shape index (κ3) is 1.87. The summed E-state index contributed by atoms with van der Waals surface area (Å²) in [6.07, 6.45) is 3.84. The summed E-state index contributed by atoms with van der Waals surface area (Å²) in [6.45, 7) is 2.42. The lowest BCUT2D eigenvalue weighted by Gasteiger charge is -2.40. The number of fused-ring (bicyclic) bond motifs is 3. The highest BCUT2D eigenvalue weighted by atomic mass is 15.3. The van der Waals surface area contributed by atoms with Crippen molar-refractivity contribution in [3.8, 4) is 0 Å². The van der Waals surface area contributed by atoms with E-state index in [4.69, 9.17) is 0 Å². The first-order chi connectivity index (χ1) is 10.2. The Bertz CT molecular complexity index is 672. The fourth-order valence-electron chi connectivity index (χ4n) is 4.58. The average molecular weight is 283 g/mol. The van der Waals surface area contributed by atoms with Gasteiger partial charge in [-0.25, -0.2) is 0 Å². The van der Waals surface area contributed by atoms with Crippen molar-refractivity contribution in [1.82, 2.24) is 14.4 Å². The molecular formula is C18H25N3. The molecule has 2 aromatic rings. The number of benzene rings is 1. The molecule has 0 amide bonds. The van der Waals surface area contributed by atoms with E-state index < -0.39 is 0 Å². The fraction of sp³-hybridized carbons (Fsp3) is 0.556. The number of aryl methyl sites for hydroxylation is 1. The molecule has 0 aliphatic carbocycles. The summed E-state index contributed by atoms with van der Waals surface area (Å²) in [5.41, 5.74) is 4.55. The maximum atomic E-state index is 2.58. The molecule has 21 heavy (non-hydrogen) atoms. The molecule has 3 heterocycles. The van der Waals surface area contributed by atoms with Gasteiger partial charge in [-0.05, 0) is 51.5 Å². The van der Waals surface area contributed by atoms with Gasteiger partial charge in [0.25, 0.3) is 0 Å². The highest BCUT2D eigenvalue weighted by molar-refractivity contribution is 5.86. The van der Waals surface area contributed by atoms with Gasteiger partial charge in [-0.15, -0.1) is 0 Å². The highest BCUT2D eigenvalue weighted by Gasteiger charge is 2.38. The normalized spacial score (nSPS) is 27.4. The maximum absolute atomic E-state index is 2.58. The lowest BCUT2D eigenvalue weighted by atomic mass is 9.92. The summed E-state index contributed by atoms with van der Waals surface area (Å²) in [6, 6.07) is 10.1. The van der Waals surface area contributed by atoms with Crippen LogP contribution in [0.25, 0.3) is 10.9 Å². The van der Waals surface area contributed by atoms with Gasteiger partial charge in [0, 0.05) is 36.2 Å². The molecule has 3 nitrogen and oxygen atoms in total. The maximum Gasteiger partial charge on any atom is 0.0658 e. The molecule has 1 fully saturated rings. The molecule has 2 atom stereocenters. The van der Waals surface area contributed by atoms with Gasteiger partial charge in [0.1, 0.15) is 0 Å². The van der Waals surface area contributed by atoms with Gasteiger partial charge < -0.3 is 9.47 Å². The molecule has 4 rings (SSSR count). The summed E-state index contributed by atoms with van der Waals surface area (Å²) < 4.78 is 2.46. The van der Waals surface area contributed by atoms with E-state index in [9.17, 15) is 0 Å². The zero-order valence-corrected chi connectivity index (χ0v) is 13.3. The molecule has 1 aromatic carbocycles. The van der Waals surface area contributed by atoms with Crippen LogP contribution in [0.2, 0.25) is 0 Å². The fourth-order valence-corrected chi connectivity index (χ4v) is 4.58. The van der Waals surface area contributed by atoms with Crippen LogP contribution in [0.3, 0.4) is 0 Å². The third-order valence-electron chi connectivity index (χ3n) is 5.67. The number of hydrogen-bond acceptors (Lipinski definition) is 2. The first kappa shape index (κ1) is 13.4. The van der Waals surface area contributed by atoms with E-state index in [2.05, 4.69) is 59.8 Å². The molecule has 2 aliphatic rings. The van der Waals surface area contributed by atoms with Crippen molar-refractivity contribution in [1.29, 1.82) is 0 Å². The predicted molar refractivity (Wildman–Crippen MR) is 87.6 cm³/mol. The van der Waals surface area contributed by atoms with Crippen LogP contribution in [0.1, 0.15) is 30.1 Å². The Kier molecular flexibility index (Phi) is 3.09. The quantitative estimate of drug-likeness (QED) is 0.797. The van der Waals surface area contributed by atoms with Gasteiger partial charge >= 0.3 is 0 Å². The Morgan fingerprint density at radius 2 is 1.81 bits per heavy atom. The van der Waals surface area contributed by atoms with Crippen molar-refractivity contribution in [2.24, 2.45) is 7.05 Å². The minimum atomic E-state index is 0.540. The standard InChI is InChI=1S/C18H25N3/c1-19-11-6-9-16(19)18-17-14(10-12-20(18)2)13-7-4-5-8-15(13)21(17)3/h4-5,7-8,16,18H,6,9-12H2,1-3H3/t16-,18+/m0/s1. The Morgan fingerprint density at radius 3 is 2.57 bits per heavy atom. The first-order valence-corrected chi connectivity index (χ1v) is 8.15. The predicted octanol–water partition coefficient (Wildman–Crippen LogP) is 2.80. The average Bonchev–Trinajstić information content (AvgIpc) is 3.03. The van der Waals surface area contributed by atoms with Crippen molar-refractivity contribution in [3.63, 3.8) is 0 Å². The number of aromatic nitrogens is 1. The molecule has 1 aromatic heterocycles. The molecule has 112 valence electrons. The molecular weight excluding hydrogens is 258 g/mol. The minimum Gasteiger partial charge on any atom is -0.346 e. The summed E-state index contributed by atoms with van der Waals surface area (Å²) in [5.74, 6) is 0. The number of para-hydroxylation sites is 1. The second-order valence-corrected chi connectivity index (χ2v) is 6.81. The van der Waals surface area contributed by atoms with Crippen LogP contribution in [-0.2, 0) is 13.5 Å². The van der Waals surface area contributed by atoms with Crippen molar-refractivity contribution in [2.45, 2.75) is 31.3 Å². The number of likely N-dealkylation sites (N-methyl/N-ethyl adjacent to an activating group) is 2. The summed E-state index contributed by atoms with van der Waals surface area (Å²) >= 11 is 0. The number of likely N-dealkylation sites (tertiary alicyclic amines) is 1. The number of hydrogen-bond donors (Lipinski definition) is 0. The van der Waals surface area contributed by atoms with Crippen LogP contribution in [0.4, 0.5) is 0 Å². The smallest absolute Gasteiger partial charge is 0.0658 e. The highest BCUT2D eigenvalue weighted by Crippen LogP contribution is 2.40. The molecule has 0 radical (unpaired) electrons. The Balaban J connectivity index is 1.91. The van der Waals surface area contributed by atoms with E-state index >= 15 is 0 Å². The summed E-state index contributed by atoms with van der Waals surface area (Å²) in [4.78, 5) is 5.14. The van der Waals surface area contributed by atoms with E-state index in [0.29, 0.717) is 12.1 Å². The largest absolute Gasteiger partial charge is 0.346 e. The van der Waals surface area contributed by atoms with Gasteiger partial charge in [0.2, 0.25) is 0 Å². The van der Waals surface area contributed by atoms with Crippen LogP contribution in [-0.4, -0.2) is 47.6 Å². The van der Waals surface area contributed by atoms with E-state index in [1.54, 1.807) is 11.3 Å². The molecule has 0 bridgehead atoms. The Labute approximate surface area is 127 Å². The molecule has 0 unspecified atom stereocenters. The van der Waals surface area contributed by atoms with E-state index in [0.717, 1.165) is 0 Å². The molecule has 0 N–H and O–H groups in total. The van der Waals surface area contributed by atoms with Crippen LogP contribution < -0.4 is 0 Å². The van der Waals surface area contributed by atoms with Crippen molar-refractivity contribution in [3.05, 3.63) is 35.5 Å². The number of nitrogens with zero attached hydrogens (tertiary/aromatic N) is 3. The van der Waals surface area contributed by atoms with Crippen LogP contribution in [0.15, 0.2) is 24.3 Å². The van der Waals surface area contributed by atoms with E-state index in [-0.39, 0.29) is 0 Å². The van der Waals surface area contributed by atoms with Gasteiger partial charge in [-0.2, -0.15) is 0 Å². The van der Waals surface area contributed by atoms with Crippen LogP contribution >= 0.6 is 0 Å². The van der Waals surface area contributed by atoms with Crippen LogP contribution in [0, 0.1) is 0 Å². The lowest BCUT2D eigenvalue weighted by Crippen LogP contribution is -2.44. The monoisotopic (exact) mass is 283 g/mol. The topological polar surface area (TPSA) is 11.4 Å². The molecule has 2 aliphatic heterocycles. The van der Waals surface area contributed by atoms with E-state index in [1.165, 1.54) is 43.3 Å². The molecule has 0 spiro atoms. The summed E-state index contributed by atoms with van der Waals surface area (Å²) in [5, 5.41) is 1.47. The van der Waals surface area contributed by atoms with Crippen LogP contribution in [0.5, 0.6) is 0 Å². The zero-order valence-electron chi connectivity index (χ0n) is 13.3. The third-order valence-corrected chi connectivity index (χ3v) is 5.67. The Morgan fingerprint density at radius 1 is 1.00 bits per heavy atom. The molecule has 0 saturated carbocycles. The molecule has 1 saturated heterocycles. The van der Waals surface area contributed by atoms with Crippen molar-refractivity contribution < 1.29 is 0 Å². The Hall–Kier alpha value is -1.32. The first-order valence-electron chi connectivity index (χ1n) is 8.15. The minimum absolute atomic E-state index is 0.540. The van der Waals surface area contributed by atoms with Gasteiger partial charge in [0.15, 0.2) is 0 Å².